The molecule has 1 unspecified atom stereocenters. The van der Waals surface area contributed by atoms with Gasteiger partial charge < -0.3 is 35.2 Å². The van der Waals surface area contributed by atoms with Gasteiger partial charge in [-0.2, -0.15) is 0 Å². The van der Waals surface area contributed by atoms with E-state index in [1.54, 1.807) is 6.07 Å². The average Bonchev–Trinajstić information content (AvgIpc) is 3.35. The Balaban J connectivity index is 1.58. The third-order valence-corrected chi connectivity index (χ3v) is 6.66. The van der Waals surface area contributed by atoms with Crippen LogP contribution in [0.25, 0.3) is 0 Å². The van der Waals surface area contributed by atoms with E-state index in [0.717, 1.165) is 3.57 Å². The molecule has 12 nitrogen and oxygen atoms in total. The van der Waals surface area contributed by atoms with E-state index in [2.05, 4.69) is 9.97 Å². The van der Waals surface area contributed by atoms with Crippen LogP contribution in [0.4, 0.5) is 23.0 Å². The van der Waals surface area contributed by atoms with Gasteiger partial charge in [0.25, 0.3) is 5.69 Å². The van der Waals surface area contributed by atoms with Crippen molar-refractivity contribution in [3.8, 4) is 0 Å². The highest BCUT2D eigenvalue weighted by molar-refractivity contribution is 14.1. The molecule has 1 aromatic carbocycles. The second-order valence-corrected chi connectivity index (χ2v) is 9.86. The van der Waals surface area contributed by atoms with Gasteiger partial charge >= 0.3 is 0 Å². The summed E-state index contributed by atoms with van der Waals surface area (Å²) in [6, 6.07) is 5.09. The number of nitro groups is 1. The molecule has 4 atom stereocenters. The molecule has 2 aromatic rings. The van der Waals surface area contributed by atoms with Crippen molar-refractivity contribution in [1.82, 2.24) is 9.97 Å². The first kappa shape index (κ1) is 24.8. The van der Waals surface area contributed by atoms with Gasteiger partial charge in [0.1, 0.15) is 31.1 Å². The maximum Gasteiger partial charge on any atom is 0.276 e. The van der Waals surface area contributed by atoms with E-state index in [4.69, 9.17) is 15.2 Å². The summed E-state index contributed by atoms with van der Waals surface area (Å²) in [4.78, 5) is 23.4. The number of nitrogens with two attached hydrogens (primary N) is 1. The summed E-state index contributed by atoms with van der Waals surface area (Å²) < 4.78 is 12.8. The van der Waals surface area contributed by atoms with Gasteiger partial charge in [-0.25, -0.2) is 9.97 Å². The molecule has 1 fully saturated rings. The Hall–Kier alpha value is -2.33. The monoisotopic (exact) mass is 586 g/mol. The zero-order valence-electron chi connectivity index (χ0n) is 18.7. The van der Waals surface area contributed by atoms with Crippen LogP contribution in [-0.4, -0.2) is 63.5 Å². The highest BCUT2D eigenvalue weighted by Gasteiger charge is 2.42. The van der Waals surface area contributed by atoms with E-state index in [0.29, 0.717) is 30.2 Å². The molecule has 0 radical (unpaired) electrons. The number of ether oxygens (including phenoxy) is 2. The second kappa shape index (κ2) is 10.1. The lowest BCUT2D eigenvalue weighted by molar-refractivity contribution is -0.386. The Kier molecular flexibility index (Phi) is 7.37. The van der Waals surface area contributed by atoms with Gasteiger partial charge in [-0.15, -0.1) is 0 Å². The molecule has 34 heavy (non-hydrogen) atoms. The van der Waals surface area contributed by atoms with Crippen molar-refractivity contribution in [2.24, 2.45) is 5.92 Å². The van der Waals surface area contributed by atoms with Crippen LogP contribution in [0.2, 0.25) is 0 Å². The molecule has 4 N–H and O–H groups in total. The van der Waals surface area contributed by atoms with E-state index in [9.17, 15) is 20.3 Å². The number of nitro benzene ring substituents is 1. The van der Waals surface area contributed by atoms with Crippen LogP contribution in [0.5, 0.6) is 0 Å². The van der Waals surface area contributed by atoms with Crippen LogP contribution >= 0.6 is 22.6 Å². The molecule has 2 aliphatic heterocycles. The predicted octanol–water partition coefficient (Wildman–Crippen LogP) is 2.00. The number of hydrogen-bond acceptors (Lipinski definition) is 11. The van der Waals surface area contributed by atoms with Gasteiger partial charge in [0, 0.05) is 16.1 Å². The Morgan fingerprint density at radius 2 is 2.18 bits per heavy atom. The van der Waals surface area contributed by atoms with Gasteiger partial charge in [-0.1, -0.05) is 13.8 Å². The lowest BCUT2D eigenvalue weighted by Gasteiger charge is -2.28. The van der Waals surface area contributed by atoms with Gasteiger partial charge in [0.05, 0.1) is 36.0 Å². The maximum atomic E-state index is 11.7. The Bertz CT molecular complexity index is 1060. The standard InChI is InChI=1S/C21H27IN6O6/c1-11(2)19(13-4-3-12(22)5-14(13)28(31)32)33-10-26-9-27(17-6-15(30)16(7-29)34-17)21-18(26)20(23)24-8-25-21/h3-5,8,11,15-17,19,29-30H,6-7,9-10H2,1-2H3,(H2,23,24,25)/t15?,16-,17-,19-/m1/s1. The van der Waals surface area contributed by atoms with Crippen molar-refractivity contribution < 1.29 is 24.6 Å². The number of aliphatic hydroxyl groups excluding tert-OH is 2. The number of fused-ring (bicyclic) bond motifs is 1. The lowest BCUT2D eigenvalue weighted by Crippen LogP contribution is -2.40. The fraction of sp³-hybridized carbons (Fsp3) is 0.524. The number of aliphatic hydroxyl groups is 2. The van der Waals surface area contributed by atoms with Gasteiger partial charge in [-0.3, -0.25) is 10.1 Å². The molecule has 0 amide bonds. The number of nitrogen functional groups attached to an aromatic ring is 1. The van der Waals surface area contributed by atoms with Crippen molar-refractivity contribution >= 4 is 45.6 Å². The topological polar surface area (TPSA) is 160 Å². The normalized spacial score (nSPS) is 22.9. The smallest absolute Gasteiger partial charge is 0.276 e. The molecule has 2 aliphatic rings. The zero-order valence-corrected chi connectivity index (χ0v) is 20.9. The quantitative estimate of drug-likeness (QED) is 0.236. The Morgan fingerprint density at radius 3 is 2.82 bits per heavy atom. The molecule has 0 aliphatic carbocycles. The molecule has 1 aromatic heterocycles. The third kappa shape index (κ3) is 4.75. The maximum absolute atomic E-state index is 11.7. The molecule has 184 valence electrons. The summed E-state index contributed by atoms with van der Waals surface area (Å²) in [5.41, 5.74) is 7.25. The Morgan fingerprint density at radius 1 is 1.41 bits per heavy atom. The van der Waals surface area contributed by atoms with Gasteiger partial charge in [-0.05, 0) is 40.6 Å². The van der Waals surface area contributed by atoms with Crippen molar-refractivity contribution in [3.63, 3.8) is 0 Å². The predicted molar refractivity (Wildman–Crippen MR) is 132 cm³/mol. The average molecular weight is 586 g/mol. The number of rotatable bonds is 8. The van der Waals surface area contributed by atoms with Crippen molar-refractivity contribution in [2.45, 2.75) is 44.8 Å². The number of nitrogens with zero attached hydrogens (tertiary/aromatic N) is 5. The summed E-state index contributed by atoms with van der Waals surface area (Å²) in [5, 5.41) is 31.3. The van der Waals surface area contributed by atoms with E-state index < -0.39 is 29.5 Å². The highest BCUT2D eigenvalue weighted by atomic mass is 127. The van der Waals surface area contributed by atoms with Crippen LogP contribution in [0.1, 0.15) is 31.9 Å². The van der Waals surface area contributed by atoms with Gasteiger partial charge in [0.2, 0.25) is 0 Å². The molecular formula is C21H27IN6O6. The first-order chi connectivity index (χ1) is 16.2. The molecule has 0 spiro atoms. The van der Waals surface area contributed by atoms with E-state index in [1.165, 1.54) is 12.4 Å². The number of hydrogen-bond donors (Lipinski definition) is 3. The van der Waals surface area contributed by atoms with E-state index in [-0.39, 0.29) is 30.8 Å². The number of halogens is 1. The zero-order chi connectivity index (χ0) is 24.6. The van der Waals surface area contributed by atoms with Crippen LogP contribution in [-0.2, 0) is 9.47 Å². The molecule has 3 heterocycles. The first-order valence-electron chi connectivity index (χ1n) is 10.8. The molecule has 0 bridgehead atoms. The van der Waals surface area contributed by atoms with Crippen molar-refractivity contribution in [3.05, 3.63) is 43.8 Å². The third-order valence-electron chi connectivity index (χ3n) is 5.99. The van der Waals surface area contributed by atoms with Crippen molar-refractivity contribution in [1.29, 1.82) is 0 Å². The van der Waals surface area contributed by atoms with Gasteiger partial charge in [0.15, 0.2) is 11.6 Å². The summed E-state index contributed by atoms with van der Waals surface area (Å²) in [6.45, 7) is 3.97. The lowest BCUT2D eigenvalue weighted by atomic mass is 9.97. The molecular weight excluding hydrogens is 559 g/mol. The van der Waals surface area contributed by atoms with E-state index >= 15 is 0 Å². The molecule has 13 heteroatoms. The minimum atomic E-state index is -0.797. The molecule has 4 rings (SSSR count). The Labute approximate surface area is 210 Å². The SMILES string of the molecule is CC(C)[C@@H](OCN1CN([C@H]2CC(O)[C@@H](CO)O2)c2ncnc(N)c21)c1ccc(I)cc1[N+](=O)[O-]. The summed E-state index contributed by atoms with van der Waals surface area (Å²) in [5.74, 6) is 0.753. The largest absolute Gasteiger partial charge is 0.394 e. The van der Waals surface area contributed by atoms with Crippen LogP contribution in [0, 0.1) is 19.6 Å². The number of benzene rings is 1. The minimum absolute atomic E-state index is 0.0142. The van der Waals surface area contributed by atoms with Crippen LogP contribution in [0.3, 0.4) is 0 Å². The summed E-state index contributed by atoms with van der Waals surface area (Å²) in [7, 11) is 0. The fourth-order valence-corrected chi connectivity index (χ4v) is 4.82. The summed E-state index contributed by atoms with van der Waals surface area (Å²) in [6.07, 6.45) is -0.870. The molecule has 1 saturated heterocycles. The molecule has 0 saturated carbocycles. The highest BCUT2D eigenvalue weighted by Crippen LogP contribution is 2.42. The van der Waals surface area contributed by atoms with Crippen molar-refractivity contribution in [2.75, 3.05) is 35.5 Å². The number of anilines is 3. The first-order valence-corrected chi connectivity index (χ1v) is 11.9. The van der Waals surface area contributed by atoms with Crippen LogP contribution in [0.15, 0.2) is 24.5 Å². The second-order valence-electron chi connectivity index (χ2n) is 8.62. The number of aromatic nitrogens is 2. The van der Waals surface area contributed by atoms with E-state index in [1.807, 2.05) is 52.3 Å². The van der Waals surface area contributed by atoms with Crippen LogP contribution < -0.4 is 15.5 Å². The minimum Gasteiger partial charge on any atom is -0.394 e. The fourth-order valence-electron chi connectivity index (χ4n) is 4.35. The summed E-state index contributed by atoms with van der Waals surface area (Å²) >= 11 is 2.05.